The SMILES string of the molecule is Cn1cc(NC(=O)c2ccc(F)c([N+](=O)[O-])c2)cc1C(=O)Nc1ccc2c(S(=O)(=O)[O-])cccc2c1S(=O)(=O)[O-].[Na+].[Na+]. The summed E-state index contributed by atoms with van der Waals surface area (Å²) in [6.07, 6.45) is 1.28. The number of fused-ring (bicyclic) bond motifs is 1. The number of benzene rings is 3. The molecule has 4 rings (SSSR count). The standard InChI is InChI=1S/C23H17FN4O10S2.2Na/c1-27-11-13(25-22(29)12-5-7-16(24)18(9-12)28(31)32)10-19(27)23(30)26-17-8-6-14-15(21(17)40(36,37)38)3-2-4-20(14)39(33,34)35;;/h2-11H,1H3,(H,25,29)(H,26,30)(H,33,34,35)(H,36,37,38);;/q;2*+1/p-2. The van der Waals surface area contributed by atoms with E-state index in [1.165, 1.54) is 23.9 Å². The van der Waals surface area contributed by atoms with Crippen LogP contribution in [0.4, 0.5) is 21.5 Å². The van der Waals surface area contributed by atoms with Crippen LogP contribution < -0.4 is 69.7 Å². The molecule has 42 heavy (non-hydrogen) atoms. The smallest absolute Gasteiger partial charge is 0.744 e. The maximum absolute atomic E-state index is 13.6. The third kappa shape index (κ3) is 7.43. The molecule has 0 fully saturated rings. The summed E-state index contributed by atoms with van der Waals surface area (Å²) in [5.74, 6) is -2.95. The van der Waals surface area contributed by atoms with Gasteiger partial charge >= 0.3 is 64.8 Å². The third-order valence-corrected chi connectivity index (χ3v) is 7.47. The Kier molecular flexibility index (Phi) is 11.2. The number of anilines is 2. The van der Waals surface area contributed by atoms with Gasteiger partial charge in [0.2, 0.25) is 5.82 Å². The summed E-state index contributed by atoms with van der Waals surface area (Å²) in [5.41, 5.74) is -1.78. The first-order chi connectivity index (χ1) is 18.6. The number of amides is 2. The van der Waals surface area contributed by atoms with Crippen molar-refractivity contribution in [3.8, 4) is 0 Å². The van der Waals surface area contributed by atoms with E-state index in [1.54, 1.807) is 0 Å². The van der Waals surface area contributed by atoms with E-state index < -0.39 is 69.3 Å². The zero-order valence-corrected chi connectivity index (χ0v) is 27.6. The van der Waals surface area contributed by atoms with E-state index in [2.05, 4.69) is 10.6 Å². The van der Waals surface area contributed by atoms with E-state index in [-0.39, 0.29) is 81.4 Å². The number of nitrogens with zero attached hydrogens (tertiary/aromatic N) is 2. The predicted octanol–water partition coefficient (Wildman–Crippen LogP) is -3.45. The van der Waals surface area contributed by atoms with Crippen molar-refractivity contribution in [1.82, 2.24) is 4.57 Å². The Hall–Kier alpha value is -2.71. The van der Waals surface area contributed by atoms with Crippen molar-refractivity contribution in [3.63, 3.8) is 0 Å². The number of rotatable bonds is 7. The van der Waals surface area contributed by atoms with Crippen LogP contribution in [0.3, 0.4) is 0 Å². The molecule has 19 heteroatoms. The molecule has 0 atom stereocenters. The number of nitro groups is 1. The van der Waals surface area contributed by atoms with Gasteiger partial charge in [-0.2, -0.15) is 4.39 Å². The fraction of sp³-hybridized carbons (Fsp3) is 0.0435. The van der Waals surface area contributed by atoms with Crippen LogP contribution in [0.5, 0.6) is 0 Å². The minimum absolute atomic E-state index is 0. The molecule has 1 heterocycles. The molecule has 14 nitrogen and oxygen atoms in total. The van der Waals surface area contributed by atoms with E-state index >= 15 is 0 Å². The van der Waals surface area contributed by atoms with Crippen LogP contribution in [0.1, 0.15) is 20.8 Å². The van der Waals surface area contributed by atoms with Crippen LogP contribution in [0.2, 0.25) is 0 Å². The molecule has 1 aromatic heterocycles. The topological polar surface area (TPSA) is 221 Å². The Labute approximate surface area is 281 Å². The summed E-state index contributed by atoms with van der Waals surface area (Å²) >= 11 is 0. The van der Waals surface area contributed by atoms with Crippen LogP contribution in [0.25, 0.3) is 10.8 Å². The molecule has 3 aromatic carbocycles. The normalized spacial score (nSPS) is 11.2. The molecule has 0 saturated carbocycles. The maximum atomic E-state index is 13.6. The number of aromatic nitrogens is 1. The molecular formula is C23H15FN4Na2O10S2. The molecule has 0 radical (unpaired) electrons. The number of carbonyl (C=O) groups is 2. The van der Waals surface area contributed by atoms with Crippen molar-refractivity contribution in [3.05, 3.63) is 88.0 Å². The molecule has 0 aliphatic rings. The Morgan fingerprint density at radius 3 is 2.14 bits per heavy atom. The van der Waals surface area contributed by atoms with Gasteiger partial charge in [-0.15, -0.1) is 0 Å². The third-order valence-electron chi connectivity index (χ3n) is 5.64. The molecule has 0 aliphatic heterocycles. The molecule has 0 spiro atoms. The summed E-state index contributed by atoms with van der Waals surface area (Å²) in [6.45, 7) is 0. The number of hydrogen-bond acceptors (Lipinski definition) is 10. The Morgan fingerprint density at radius 1 is 0.881 bits per heavy atom. The predicted molar refractivity (Wildman–Crippen MR) is 134 cm³/mol. The number of hydrogen-bond donors (Lipinski definition) is 2. The van der Waals surface area contributed by atoms with Crippen LogP contribution in [-0.4, -0.2) is 47.2 Å². The summed E-state index contributed by atoms with van der Waals surface area (Å²) < 4.78 is 85.9. The summed E-state index contributed by atoms with van der Waals surface area (Å²) in [5, 5.41) is 14.8. The summed E-state index contributed by atoms with van der Waals surface area (Å²) in [6, 6.07) is 8.77. The van der Waals surface area contributed by atoms with Crippen molar-refractivity contribution in [1.29, 1.82) is 0 Å². The Morgan fingerprint density at radius 2 is 1.55 bits per heavy atom. The van der Waals surface area contributed by atoms with Gasteiger partial charge in [-0.25, -0.2) is 16.8 Å². The Balaban J connectivity index is 0.00000308. The fourth-order valence-corrected chi connectivity index (χ4v) is 5.46. The first kappa shape index (κ1) is 35.5. The second-order valence-electron chi connectivity index (χ2n) is 8.26. The maximum Gasteiger partial charge on any atom is 1.00 e. The van der Waals surface area contributed by atoms with Crippen molar-refractivity contribution in [2.45, 2.75) is 9.79 Å². The number of nitrogens with one attached hydrogen (secondary N) is 2. The molecule has 0 saturated heterocycles. The van der Waals surface area contributed by atoms with Crippen molar-refractivity contribution >= 4 is 59.9 Å². The van der Waals surface area contributed by atoms with E-state index in [1.807, 2.05) is 0 Å². The molecule has 2 amide bonds. The van der Waals surface area contributed by atoms with Gasteiger partial charge in [0.15, 0.2) is 0 Å². The zero-order chi connectivity index (χ0) is 29.6. The first-order valence-electron chi connectivity index (χ1n) is 10.8. The van der Waals surface area contributed by atoms with Gasteiger partial charge in [-0.05, 0) is 30.3 Å². The van der Waals surface area contributed by atoms with Gasteiger partial charge in [-0.1, -0.05) is 18.2 Å². The number of carbonyl (C=O) groups excluding carboxylic acids is 2. The minimum Gasteiger partial charge on any atom is -0.744 e. The molecule has 0 aliphatic carbocycles. The molecule has 0 bridgehead atoms. The van der Waals surface area contributed by atoms with Crippen LogP contribution in [0, 0.1) is 15.9 Å². The zero-order valence-electron chi connectivity index (χ0n) is 21.9. The molecule has 208 valence electrons. The van der Waals surface area contributed by atoms with Gasteiger partial charge in [0.25, 0.3) is 11.8 Å². The summed E-state index contributed by atoms with van der Waals surface area (Å²) in [4.78, 5) is 33.7. The monoisotopic (exact) mass is 636 g/mol. The number of nitro benzene ring substituents is 1. The molecular weight excluding hydrogens is 621 g/mol. The van der Waals surface area contributed by atoms with Crippen LogP contribution in [-0.2, 0) is 27.3 Å². The summed E-state index contributed by atoms with van der Waals surface area (Å²) in [7, 11) is -8.96. The first-order valence-corrected chi connectivity index (χ1v) is 13.6. The average molecular weight is 637 g/mol. The van der Waals surface area contributed by atoms with Crippen LogP contribution >= 0.6 is 0 Å². The van der Waals surface area contributed by atoms with Crippen molar-refractivity contribution in [2.24, 2.45) is 7.05 Å². The quantitative estimate of drug-likeness (QED) is 0.0884. The van der Waals surface area contributed by atoms with Gasteiger partial charge in [0.05, 0.1) is 26.1 Å². The molecule has 4 aromatic rings. The fourth-order valence-electron chi connectivity index (χ4n) is 3.93. The Bertz CT molecular complexity index is 1970. The van der Waals surface area contributed by atoms with Crippen LogP contribution in [0.15, 0.2) is 70.6 Å². The van der Waals surface area contributed by atoms with Crippen molar-refractivity contribution in [2.75, 3.05) is 10.6 Å². The van der Waals surface area contributed by atoms with Gasteiger partial charge < -0.3 is 24.3 Å². The second kappa shape index (κ2) is 13.3. The van der Waals surface area contributed by atoms with E-state index in [4.69, 9.17) is 0 Å². The van der Waals surface area contributed by atoms with E-state index in [0.29, 0.717) is 0 Å². The second-order valence-corrected chi connectivity index (χ2v) is 10.9. The van der Waals surface area contributed by atoms with E-state index in [0.717, 1.165) is 48.5 Å². The van der Waals surface area contributed by atoms with E-state index in [9.17, 15) is 50.0 Å². The minimum atomic E-state index is -5.31. The number of aryl methyl sites for hydroxylation is 1. The molecule has 2 N–H and O–H groups in total. The molecule has 0 unspecified atom stereocenters. The van der Waals surface area contributed by atoms with Gasteiger partial charge in [0.1, 0.15) is 25.9 Å². The largest absolute Gasteiger partial charge is 1.00 e. The van der Waals surface area contributed by atoms with Crippen molar-refractivity contribution < 1.29 is 104 Å². The van der Waals surface area contributed by atoms with Gasteiger partial charge in [-0.3, -0.25) is 19.7 Å². The average Bonchev–Trinajstić information content (AvgIpc) is 3.21. The number of halogens is 1. The van der Waals surface area contributed by atoms with Gasteiger partial charge in [0, 0.05) is 35.6 Å².